The van der Waals surface area contributed by atoms with Gasteiger partial charge in [0.1, 0.15) is 0 Å². The fraction of sp³-hybridized carbons (Fsp3) is 0.611. The molecule has 0 aliphatic heterocycles. The third-order valence-electron chi connectivity index (χ3n) is 5.04. The molecule has 0 amide bonds. The molecular weight excluding hydrogens is 244 g/mol. The number of benzene rings is 1. The third-order valence-corrected chi connectivity index (χ3v) is 5.04. The van der Waals surface area contributed by atoms with Crippen LogP contribution in [0.4, 0.5) is 0 Å². The minimum atomic E-state index is 0.237. The van der Waals surface area contributed by atoms with Crippen molar-refractivity contribution < 1.29 is 0 Å². The van der Waals surface area contributed by atoms with E-state index in [1.165, 1.54) is 35.1 Å². The van der Waals surface area contributed by atoms with Crippen LogP contribution in [0.3, 0.4) is 0 Å². The molecule has 0 saturated heterocycles. The Morgan fingerprint density at radius 3 is 2.05 bits per heavy atom. The Kier molecular flexibility index (Phi) is 3.70. The second kappa shape index (κ2) is 4.91. The quantitative estimate of drug-likeness (QED) is 0.487. The molecule has 0 radical (unpaired) electrons. The summed E-state index contributed by atoms with van der Waals surface area (Å²) < 4.78 is 0. The van der Waals surface area contributed by atoms with E-state index in [1.807, 2.05) is 6.92 Å². The summed E-state index contributed by atoms with van der Waals surface area (Å²) >= 11 is 0. The molecule has 0 saturated carbocycles. The van der Waals surface area contributed by atoms with Gasteiger partial charge >= 0.3 is 0 Å². The first-order valence-electron chi connectivity index (χ1n) is 7.65. The topological polar surface area (TPSA) is 38.4 Å². The zero-order chi connectivity index (χ0) is 15.1. The lowest BCUT2D eigenvalue weighted by atomic mass is 9.62. The summed E-state index contributed by atoms with van der Waals surface area (Å²) in [6.07, 6.45) is 3.50. The van der Waals surface area contributed by atoms with Crippen molar-refractivity contribution in [2.24, 2.45) is 10.9 Å². The molecule has 1 aliphatic carbocycles. The standard InChI is InChI=1S/C18H28N2/c1-7-13-10-15-16(11-14(13)12(2)20-19)18(5,6)9-8-17(15,3)4/h10-11H,7-9,19H2,1-6H3. The van der Waals surface area contributed by atoms with Crippen LogP contribution in [-0.4, -0.2) is 5.71 Å². The van der Waals surface area contributed by atoms with Gasteiger partial charge in [0.15, 0.2) is 0 Å². The minimum Gasteiger partial charge on any atom is -0.323 e. The lowest BCUT2D eigenvalue weighted by Gasteiger charge is -2.42. The zero-order valence-electron chi connectivity index (χ0n) is 13.8. The first-order chi connectivity index (χ1) is 9.23. The molecular formula is C18H28N2. The van der Waals surface area contributed by atoms with Gasteiger partial charge in [0.2, 0.25) is 0 Å². The van der Waals surface area contributed by atoms with Gasteiger partial charge in [-0.3, -0.25) is 0 Å². The van der Waals surface area contributed by atoms with Gasteiger partial charge in [0, 0.05) is 5.56 Å². The molecule has 0 atom stereocenters. The summed E-state index contributed by atoms with van der Waals surface area (Å²) in [7, 11) is 0. The summed E-state index contributed by atoms with van der Waals surface area (Å²) in [5.74, 6) is 5.51. The van der Waals surface area contributed by atoms with Crippen molar-refractivity contribution >= 4 is 5.71 Å². The molecule has 0 unspecified atom stereocenters. The molecule has 0 heterocycles. The van der Waals surface area contributed by atoms with Gasteiger partial charge in [-0.2, -0.15) is 5.10 Å². The fourth-order valence-corrected chi connectivity index (χ4v) is 3.36. The molecule has 2 heteroatoms. The van der Waals surface area contributed by atoms with Crippen molar-refractivity contribution in [2.45, 2.75) is 71.6 Å². The van der Waals surface area contributed by atoms with Gasteiger partial charge in [-0.15, -0.1) is 0 Å². The molecule has 110 valence electrons. The Bertz CT molecular complexity index is 551. The number of rotatable bonds is 2. The Labute approximate surface area is 123 Å². The van der Waals surface area contributed by atoms with Crippen molar-refractivity contribution in [3.8, 4) is 0 Å². The lowest BCUT2D eigenvalue weighted by Crippen LogP contribution is -2.34. The van der Waals surface area contributed by atoms with Gasteiger partial charge in [-0.25, -0.2) is 0 Å². The molecule has 2 N–H and O–H groups in total. The SMILES string of the molecule is CCc1cc2c(cc1C(C)=NN)C(C)(C)CCC2(C)C. The van der Waals surface area contributed by atoms with Crippen LogP contribution >= 0.6 is 0 Å². The van der Waals surface area contributed by atoms with Crippen molar-refractivity contribution in [1.29, 1.82) is 0 Å². The summed E-state index contributed by atoms with van der Waals surface area (Å²) in [4.78, 5) is 0. The van der Waals surface area contributed by atoms with Gasteiger partial charge in [-0.05, 0) is 59.8 Å². The summed E-state index contributed by atoms with van der Waals surface area (Å²) in [5, 5.41) is 3.92. The molecule has 0 fully saturated rings. The maximum Gasteiger partial charge on any atom is 0.0644 e. The van der Waals surface area contributed by atoms with Gasteiger partial charge in [0.05, 0.1) is 5.71 Å². The van der Waals surface area contributed by atoms with E-state index in [-0.39, 0.29) is 10.8 Å². The highest BCUT2D eigenvalue weighted by atomic mass is 15.1. The number of hydrogen-bond acceptors (Lipinski definition) is 2. The molecule has 2 nitrogen and oxygen atoms in total. The van der Waals surface area contributed by atoms with Crippen molar-refractivity contribution in [2.75, 3.05) is 0 Å². The molecule has 0 aromatic heterocycles. The summed E-state index contributed by atoms with van der Waals surface area (Å²) in [6.45, 7) is 13.6. The zero-order valence-corrected chi connectivity index (χ0v) is 13.8. The van der Waals surface area contributed by atoms with Crippen LogP contribution in [0.25, 0.3) is 0 Å². The Morgan fingerprint density at radius 2 is 1.60 bits per heavy atom. The smallest absolute Gasteiger partial charge is 0.0644 e. The fourth-order valence-electron chi connectivity index (χ4n) is 3.36. The van der Waals surface area contributed by atoms with Gasteiger partial charge in [-0.1, -0.05) is 40.7 Å². The average Bonchev–Trinajstić information content (AvgIpc) is 2.42. The van der Waals surface area contributed by atoms with Gasteiger partial charge in [0.25, 0.3) is 0 Å². The highest BCUT2D eigenvalue weighted by molar-refractivity contribution is 6.00. The monoisotopic (exact) mass is 272 g/mol. The van der Waals surface area contributed by atoms with Crippen LogP contribution in [0.1, 0.15) is 76.6 Å². The number of hydrogen-bond donors (Lipinski definition) is 1. The van der Waals surface area contributed by atoms with E-state index < -0.39 is 0 Å². The maximum absolute atomic E-state index is 5.51. The minimum absolute atomic E-state index is 0.237. The van der Waals surface area contributed by atoms with E-state index in [2.05, 4.69) is 51.9 Å². The van der Waals surface area contributed by atoms with Crippen LogP contribution in [-0.2, 0) is 17.3 Å². The van der Waals surface area contributed by atoms with Crippen LogP contribution in [0.15, 0.2) is 17.2 Å². The van der Waals surface area contributed by atoms with Crippen molar-refractivity contribution in [1.82, 2.24) is 0 Å². The summed E-state index contributed by atoms with van der Waals surface area (Å²) in [5.41, 5.74) is 7.01. The van der Waals surface area contributed by atoms with Crippen molar-refractivity contribution in [3.05, 3.63) is 34.4 Å². The third kappa shape index (κ3) is 2.36. The highest BCUT2D eigenvalue weighted by Crippen LogP contribution is 2.46. The van der Waals surface area contributed by atoms with E-state index in [1.54, 1.807) is 0 Å². The molecule has 20 heavy (non-hydrogen) atoms. The lowest BCUT2D eigenvalue weighted by molar-refractivity contribution is 0.331. The molecule has 2 rings (SSSR count). The number of nitrogens with two attached hydrogens (primary N) is 1. The number of fused-ring (bicyclic) bond motifs is 1. The molecule has 0 spiro atoms. The second-order valence-electron chi connectivity index (χ2n) is 7.39. The summed E-state index contributed by atoms with van der Waals surface area (Å²) in [6, 6.07) is 4.75. The Morgan fingerprint density at radius 1 is 1.10 bits per heavy atom. The van der Waals surface area contributed by atoms with Crippen LogP contribution < -0.4 is 5.84 Å². The first-order valence-corrected chi connectivity index (χ1v) is 7.65. The molecule has 1 aliphatic rings. The Hall–Kier alpha value is -1.31. The normalized spacial score (nSPS) is 20.6. The maximum atomic E-state index is 5.51. The predicted octanol–water partition coefficient (Wildman–Crippen LogP) is 4.28. The number of hydrazone groups is 1. The van der Waals surface area contributed by atoms with Gasteiger partial charge < -0.3 is 5.84 Å². The molecule has 1 aromatic carbocycles. The van der Waals surface area contributed by atoms with Crippen LogP contribution in [0.2, 0.25) is 0 Å². The molecule has 0 bridgehead atoms. The molecule has 1 aromatic rings. The van der Waals surface area contributed by atoms with Crippen molar-refractivity contribution in [3.63, 3.8) is 0 Å². The second-order valence-corrected chi connectivity index (χ2v) is 7.39. The van der Waals surface area contributed by atoms with E-state index in [9.17, 15) is 0 Å². The van der Waals surface area contributed by atoms with Crippen LogP contribution in [0.5, 0.6) is 0 Å². The van der Waals surface area contributed by atoms with E-state index in [0.717, 1.165) is 12.1 Å². The Balaban J connectivity index is 2.74. The predicted molar refractivity (Wildman–Crippen MR) is 87.5 cm³/mol. The van der Waals surface area contributed by atoms with E-state index >= 15 is 0 Å². The van der Waals surface area contributed by atoms with E-state index in [0.29, 0.717) is 0 Å². The largest absolute Gasteiger partial charge is 0.323 e. The highest BCUT2D eigenvalue weighted by Gasteiger charge is 2.37. The van der Waals surface area contributed by atoms with Crippen LogP contribution in [0, 0.1) is 0 Å². The average molecular weight is 272 g/mol. The number of aryl methyl sites for hydroxylation is 1. The van der Waals surface area contributed by atoms with E-state index in [4.69, 9.17) is 5.84 Å². The first kappa shape index (κ1) is 15.1. The number of nitrogens with zero attached hydrogens (tertiary/aromatic N) is 1.